The van der Waals surface area contributed by atoms with E-state index < -0.39 is 22.1 Å². The molecule has 40 heavy (non-hydrogen) atoms. The molecule has 0 aromatic heterocycles. The van der Waals surface area contributed by atoms with Crippen LogP contribution in [-0.4, -0.2) is 55.5 Å². The Balaban J connectivity index is 1.60. The number of nitrogens with two attached hydrogens (primary N) is 2. The van der Waals surface area contributed by atoms with E-state index in [1.807, 2.05) is 74.5 Å². The summed E-state index contributed by atoms with van der Waals surface area (Å²) in [6.07, 6.45) is 1.69. The zero-order chi connectivity index (χ0) is 29.1. The lowest BCUT2D eigenvalue weighted by Crippen LogP contribution is -2.45. The molecule has 216 valence electrons. The lowest BCUT2D eigenvalue weighted by Gasteiger charge is -2.31. The molecule has 0 spiro atoms. The van der Waals surface area contributed by atoms with Crippen LogP contribution in [0, 0.1) is 5.92 Å². The molecule has 1 amide bonds. The number of anilines is 1. The Morgan fingerprint density at radius 2 is 1.45 bits per heavy atom. The third kappa shape index (κ3) is 8.38. The molecule has 0 saturated carbocycles. The Bertz CT molecular complexity index is 1250. The molecular weight excluding hydrogens is 524 g/mol. The van der Waals surface area contributed by atoms with Crippen molar-refractivity contribution in [3.63, 3.8) is 0 Å². The molecule has 3 aromatic carbocycles. The molecule has 0 radical (unpaired) electrons. The second-order valence-corrected chi connectivity index (χ2v) is 12.4. The minimum atomic E-state index is -3.82. The summed E-state index contributed by atoms with van der Waals surface area (Å²) < 4.78 is 28.3. The maximum Gasteiger partial charge on any atom is 0.243 e. The number of carbonyl (C=O) groups is 1. The number of unbranched alkanes of at least 4 members (excludes halogenated alkanes) is 1. The molecule has 0 bridgehead atoms. The van der Waals surface area contributed by atoms with Gasteiger partial charge >= 0.3 is 0 Å². The summed E-state index contributed by atoms with van der Waals surface area (Å²) in [5.74, 6) is -0.464. The fourth-order valence-corrected chi connectivity index (χ4v) is 6.63. The predicted octanol–water partition coefficient (Wildman–Crippen LogP) is 3.72. The summed E-state index contributed by atoms with van der Waals surface area (Å²) >= 11 is 0. The highest BCUT2D eigenvalue weighted by Gasteiger charge is 2.32. The molecule has 9 heteroatoms. The van der Waals surface area contributed by atoms with Crippen LogP contribution in [0.5, 0.6) is 0 Å². The molecule has 2 atom stereocenters. The number of rotatable bonds is 15. The Morgan fingerprint density at radius 3 is 1.95 bits per heavy atom. The number of nitrogens with zero attached hydrogens (tertiary/aromatic N) is 1. The lowest BCUT2D eigenvalue weighted by atomic mass is 9.85. The fraction of sp³-hybridized carbons (Fsp3) is 0.387. The van der Waals surface area contributed by atoms with Crippen molar-refractivity contribution >= 4 is 21.6 Å². The molecule has 0 heterocycles. The van der Waals surface area contributed by atoms with Crippen molar-refractivity contribution < 1.29 is 18.3 Å². The highest BCUT2D eigenvalue weighted by Crippen LogP contribution is 2.27. The first kappa shape index (κ1) is 31.3. The van der Waals surface area contributed by atoms with Crippen molar-refractivity contribution in [1.29, 1.82) is 0 Å². The van der Waals surface area contributed by atoms with Gasteiger partial charge in [-0.2, -0.15) is 4.31 Å². The number of nitrogens with one attached hydrogen (secondary N) is 1. The first-order chi connectivity index (χ1) is 19.1. The van der Waals surface area contributed by atoms with Gasteiger partial charge in [0.25, 0.3) is 0 Å². The van der Waals surface area contributed by atoms with Crippen molar-refractivity contribution in [2.45, 2.75) is 56.0 Å². The van der Waals surface area contributed by atoms with E-state index in [0.717, 1.165) is 11.1 Å². The molecule has 8 nitrogen and oxygen atoms in total. The quantitative estimate of drug-likeness (QED) is 0.163. The van der Waals surface area contributed by atoms with E-state index in [4.69, 9.17) is 11.5 Å². The van der Waals surface area contributed by atoms with E-state index in [1.54, 1.807) is 12.1 Å². The number of aliphatic hydroxyl groups excluding tert-OH is 1. The summed E-state index contributed by atoms with van der Waals surface area (Å²) in [4.78, 5) is 13.2. The normalized spacial score (nSPS) is 13.5. The number of hydrogen-bond acceptors (Lipinski definition) is 6. The molecule has 0 saturated heterocycles. The number of amides is 1. The average Bonchev–Trinajstić information content (AvgIpc) is 2.95. The molecule has 6 N–H and O–H groups in total. The largest absolute Gasteiger partial charge is 0.399 e. The Morgan fingerprint density at radius 1 is 0.900 bits per heavy atom. The second kappa shape index (κ2) is 14.9. The molecule has 0 aliphatic heterocycles. The third-order valence-corrected chi connectivity index (χ3v) is 8.82. The van der Waals surface area contributed by atoms with Crippen LogP contribution in [-0.2, 0) is 14.8 Å². The van der Waals surface area contributed by atoms with Crippen LogP contribution in [0.2, 0.25) is 0 Å². The van der Waals surface area contributed by atoms with Gasteiger partial charge in [0.1, 0.15) is 0 Å². The lowest BCUT2D eigenvalue weighted by molar-refractivity contribution is -0.122. The van der Waals surface area contributed by atoms with Crippen molar-refractivity contribution in [1.82, 2.24) is 9.62 Å². The highest BCUT2D eigenvalue weighted by atomic mass is 32.2. The number of sulfonamides is 1. The zero-order valence-corrected chi connectivity index (χ0v) is 24.1. The second-order valence-electron chi connectivity index (χ2n) is 10.5. The van der Waals surface area contributed by atoms with Gasteiger partial charge in [0.05, 0.1) is 17.5 Å². The first-order valence-electron chi connectivity index (χ1n) is 13.8. The molecular formula is C31H42N4O4S. The Labute approximate surface area is 238 Å². The van der Waals surface area contributed by atoms with Gasteiger partial charge in [-0.1, -0.05) is 80.9 Å². The molecule has 3 rings (SSSR count). The van der Waals surface area contributed by atoms with E-state index in [0.29, 0.717) is 31.5 Å². The Kier molecular flexibility index (Phi) is 11.7. The smallest absolute Gasteiger partial charge is 0.243 e. The van der Waals surface area contributed by atoms with E-state index >= 15 is 0 Å². The molecule has 0 aliphatic carbocycles. The maximum absolute atomic E-state index is 13.4. The van der Waals surface area contributed by atoms with E-state index in [9.17, 15) is 18.3 Å². The summed E-state index contributed by atoms with van der Waals surface area (Å²) in [7, 11) is -3.82. The van der Waals surface area contributed by atoms with Gasteiger partial charge in [-0.3, -0.25) is 4.79 Å². The third-order valence-electron chi connectivity index (χ3n) is 6.89. The van der Waals surface area contributed by atoms with Crippen LogP contribution < -0.4 is 16.8 Å². The molecule has 3 aromatic rings. The first-order valence-corrected chi connectivity index (χ1v) is 15.2. The number of benzene rings is 3. The standard InChI is InChI=1S/C31H42N4O4S/c1-23(2)21-35(40(38,39)28-18-16-26(32)17-19-28)27(22-36)15-9-10-20-34-31(37)30(33)29(24-11-5-3-6-12-24)25-13-7-4-8-14-25/h3-8,11-14,16-19,23,27,29-30,36H,9-10,15,20-22,32-33H2,1-2H3,(H,34,37)/t27-,30-/m0/s1. The number of aliphatic hydroxyl groups is 1. The minimum Gasteiger partial charge on any atom is -0.399 e. The van der Waals surface area contributed by atoms with Crippen LogP contribution in [0.25, 0.3) is 0 Å². The van der Waals surface area contributed by atoms with Gasteiger partial charge in [0.2, 0.25) is 15.9 Å². The van der Waals surface area contributed by atoms with Crippen LogP contribution in [0.15, 0.2) is 89.8 Å². The molecule has 0 fully saturated rings. The summed E-state index contributed by atoms with van der Waals surface area (Å²) in [6.45, 7) is 4.27. The summed E-state index contributed by atoms with van der Waals surface area (Å²) in [5, 5.41) is 13.1. The summed E-state index contributed by atoms with van der Waals surface area (Å²) in [6, 6.07) is 24.2. The topological polar surface area (TPSA) is 139 Å². The van der Waals surface area contributed by atoms with Crippen molar-refractivity contribution in [3.05, 3.63) is 96.1 Å². The number of nitrogen functional groups attached to an aromatic ring is 1. The highest BCUT2D eigenvalue weighted by molar-refractivity contribution is 7.89. The minimum absolute atomic E-state index is 0.0700. The van der Waals surface area contributed by atoms with Gasteiger partial charge in [-0.15, -0.1) is 0 Å². The Hall–Kier alpha value is -3.24. The average molecular weight is 567 g/mol. The van der Waals surface area contributed by atoms with Crippen LogP contribution in [0.4, 0.5) is 5.69 Å². The number of hydrogen-bond donors (Lipinski definition) is 4. The van der Waals surface area contributed by atoms with Crippen LogP contribution in [0.3, 0.4) is 0 Å². The van der Waals surface area contributed by atoms with Gasteiger partial charge in [-0.05, 0) is 54.2 Å². The van der Waals surface area contributed by atoms with Gasteiger partial charge in [-0.25, -0.2) is 8.42 Å². The van der Waals surface area contributed by atoms with Crippen LogP contribution >= 0.6 is 0 Å². The van der Waals surface area contributed by atoms with Gasteiger partial charge in [0.15, 0.2) is 0 Å². The zero-order valence-electron chi connectivity index (χ0n) is 23.3. The van der Waals surface area contributed by atoms with Gasteiger partial charge < -0.3 is 21.9 Å². The van der Waals surface area contributed by atoms with E-state index in [1.165, 1.54) is 16.4 Å². The number of carbonyl (C=O) groups excluding carboxylic acids is 1. The van der Waals surface area contributed by atoms with E-state index in [2.05, 4.69) is 5.32 Å². The van der Waals surface area contributed by atoms with Crippen molar-refractivity contribution in [2.24, 2.45) is 11.7 Å². The fourth-order valence-electron chi connectivity index (χ4n) is 4.82. The van der Waals surface area contributed by atoms with E-state index in [-0.39, 0.29) is 35.8 Å². The van der Waals surface area contributed by atoms with Crippen LogP contribution in [0.1, 0.15) is 50.2 Å². The van der Waals surface area contributed by atoms with Gasteiger partial charge in [0, 0.05) is 30.7 Å². The van der Waals surface area contributed by atoms with Crippen molar-refractivity contribution in [3.8, 4) is 0 Å². The maximum atomic E-state index is 13.4. The van der Waals surface area contributed by atoms with Crippen molar-refractivity contribution in [2.75, 3.05) is 25.4 Å². The SMILES string of the molecule is CC(C)CN([C@H](CO)CCCCNC(=O)[C@@H](N)C(c1ccccc1)c1ccccc1)S(=O)(=O)c1ccc(N)cc1. The predicted molar refractivity (Wildman–Crippen MR) is 160 cm³/mol. The summed E-state index contributed by atoms with van der Waals surface area (Å²) in [5.41, 5.74) is 14.6. The molecule has 0 unspecified atom stereocenters. The molecule has 0 aliphatic rings. The monoisotopic (exact) mass is 566 g/mol.